The van der Waals surface area contributed by atoms with Gasteiger partial charge in [0, 0.05) is 5.69 Å². The molecule has 0 aliphatic carbocycles. The van der Waals surface area contributed by atoms with Crippen LogP contribution in [0.3, 0.4) is 0 Å². The summed E-state index contributed by atoms with van der Waals surface area (Å²) in [6.07, 6.45) is 0. The largest absolute Gasteiger partial charge is 0.377 e. The predicted octanol–water partition coefficient (Wildman–Crippen LogP) is 0.0149. The average Bonchev–Trinajstić information content (AvgIpc) is 2.38. The molecule has 2 heterocycles. The summed E-state index contributed by atoms with van der Waals surface area (Å²) in [6.45, 7) is 5.41. The number of hydrogen-bond acceptors (Lipinski definition) is 3. The molecular formula is C10H15N3O2. The minimum Gasteiger partial charge on any atom is -0.377 e. The van der Waals surface area contributed by atoms with Gasteiger partial charge >= 0.3 is 0 Å². The standard InChI is InChI=1S/C10H15N3O2/c1-7-3-8(2)13(12-7)4-10(14)11-9-5-15-6-9/h3,9H,4-6H2,1-2H3,(H,11,14). The van der Waals surface area contributed by atoms with E-state index in [0.717, 1.165) is 11.4 Å². The summed E-state index contributed by atoms with van der Waals surface area (Å²) in [7, 11) is 0. The Morgan fingerprint density at radius 1 is 1.67 bits per heavy atom. The van der Waals surface area contributed by atoms with E-state index in [1.165, 1.54) is 0 Å². The van der Waals surface area contributed by atoms with Crippen LogP contribution < -0.4 is 5.32 Å². The maximum atomic E-state index is 11.5. The number of aryl methyl sites for hydroxylation is 2. The molecule has 0 atom stereocenters. The highest BCUT2D eigenvalue weighted by atomic mass is 16.5. The molecule has 5 nitrogen and oxygen atoms in total. The first kappa shape index (κ1) is 10.2. The molecule has 1 N–H and O–H groups in total. The minimum atomic E-state index is -0.00509. The van der Waals surface area contributed by atoms with E-state index in [1.54, 1.807) is 4.68 Å². The van der Waals surface area contributed by atoms with Crippen molar-refractivity contribution in [1.82, 2.24) is 15.1 Å². The molecule has 1 amide bonds. The van der Waals surface area contributed by atoms with Crippen LogP contribution in [0.4, 0.5) is 0 Å². The first-order valence-corrected chi connectivity index (χ1v) is 5.03. The van der Waals surface area contributed by atoms with E-state index in [-0.39, 0.29) is 18.5 Å². The summed E-state index contributed by atoms with van der Waals surface area (Å²) in [5, 5.41) is 7.10. The summed E-state index contributed by atoms with van der Waals surface area (Å²) in [5.41, 5.74) is 1.94. The maximum Gasteiger partial charge on any atom is 0.242 e. The van der Waals surface area contributed by atoms with Gasteiger partial charge in [-0.1, -0.05) is 0 Å². The summed E-state index contributed by atoms with van der Waals surface area (Å²) in [4.78, 5) is 11.5. The quantitative estimate of drug-likeness (QED) is 0.763. The molecule has 0 bridgehead atoms. The fourth-order valence-electron chi connectivity index (χ4n) is 1.56. The Labute approximate surface area is 88.4 Å². The molecule has 2 rings (SSSR count). The number of hydrogen-bond donors (Lipinski definition) is 1. The molecule has 1 aliphatic heterocycles. The van der Waals surface area contributed by atoms with Crippen LogP contribution in [0.2, 0.25) is 0 Å². The van der Waals surface area contributed by atoms with Crippen LogP contribution in [0.15, 0.2) is 6.07 Å². The highest BCUT2D eigenvalue weighted by Gasteiger charge is 2.20. The third kappa shape index (κ3) is 2.36. The van der Waals surface area contributed by atoms with Crippen LogP contribution >= 0.6 is 0 Å². The van der Waals surface area contributed by atoms with Crippen LogP contribution in [0.25, 0.3) is 0 Å². The Morgan fingerprint density at radius 2 is 2.40 bits per heavy atom. The van der Waals surface area contributed by atoms with E-state index in [0.29, 0.717) is 13.2 Å². The molecule has 15 heavy (non-hydrogen) atoms. The van der Waals surface area contributed by atoms with E-state index in [2.05, 4.69) is 10.4 Å². The Morgan fingerprint density at radius 3 is 2.87 bits per heavy atom. The van der Waals surface area contributed by atoms with Crippen LogP contribution in [-0.2, 0) is 16.1 Å². The second-order valence-corrected chi connectivity index (χ2v) is 3.89. The topological polar surface area (TPSA) is 56.2 Å². The molecule has 1 aromatic heterocycles. The summed E-state index contributed by atoms with van der Waals surface area (Å²) in [5.74, 6) is -0.00509. The van der Waals surface area contributed by atoms with Crippen LogP contribution in [0.5, 0.6) is 0 Å². The molecule has 1 aromatic rings. The third-order valence-corrected chi connectivity index (χ3v) is 2.40. The number of carbonyl (C=O) groups is 1. The van der Waals surface area contributed by atoms with Crippen molar-refractivity contribution in [2.24, 2.45) is 0 Å². The van der Waals surface area contributed by atoms with Gasteiger partial charge in [0.15, 0.2) is 0 Å². The predicted molar refractivity (Wildman–Crippen MR) is 54.5 cm³/mol. The summed E-state index contributed by atoms with van der Waals surface area (Å²) >= 11 is 0. The first-order valence-electron chi connectivity index (χ1n) is 5.03. The van der Waals surface area contributed by atoms with Crippen molar-refractivity contribution >= 4 is 5.91 Å². The zero-order chi connectivity index (χ0) is 10.8. The van der Waals surface area contributed by atoms with E-state index in [9.17, 15) is 4.79 Å². The fraction of sp³-hybridized carbons (Fsp3) is 0.600. The third-order valence-electron chi connectivity index (χ3n) is 2.40. The van der Waals surface area contributed by atoms with Gasteiger partial charge in [0.1, 0.15) is 6.54 Å². The van der Waals surface area contributed by atoms with E-state index in [4.69, 9.17) is 4.74 Å². The monoisotopic (exact) mass is 209 g/mol. The number of nitrogens with one attached hydrogen (secondary N) is 1. The molecule has 0 aromatic carbocycles. The lowest BCUT2D eigenvalue weighted by atomic mass is 10.2. The zero-order valence-electron chi connectivity index (χ0n) is 8.99. The van der Waals surface area contributed by atoms with Crippen molar-refractivity contribution in [1.29, 1.82) is 0 Å². The number of aromatic nitrogens is 2. The van der Waals surface area contributed by atoms with Gasteiger partial charge in [-0.05, 0) is 19.9 Å². The highest BCUT2D eigenvalue weighted by molar-refractivity contribution is 5.76. The average molecular weight is 209 g/mol. The smallest absolute Gasteiger partial charge is 0.242 e. The number of ether oxygens (including phenoxy) is 1. The van der Waals surface area contributed by atoms with Gasteiger partial charge < -0.3 is 10.1 Å². The van der Waals surface area contributed by atoms with E-state index in [1.807, 2.05) is 19.9 Å². The van der Waals surface area contributed by atoms with Crippen molar-refractivity contribution in [2.45, 2.75) is 26.4 Å². The van der Waals surface area contributed by atoms with Crippen LogP contribution in [-0.4, -0.2) is 34.9 Å². The first-order chi connectivity index (χ1) is 7.15. The van der Waals surface area contributed by atoms with Gasteiger partial charge in [-0.15, -0.1) is 0 Å². The summed E-state index contributed by atoms with van der Waals surface area (Å²) in [6, 6.07) is 2.15. The summed E-state index contributed by atoms with van der Waals surface area (Å²) < 4.78 is 6.69. The lowest BCUT2D eigenvalue weighted by Gasteiger charge is -2.26. The van der Waals surface area contributed by atoms with Crippen molar-refractivity contribution in [3.8, 4) is 0 Å². The molecule has 1 saturated heterocycles. The molecule has 1 fully saturated rings. The molecular weight excluding hydrogens is 194 g/mol. The molecule has 0 spiro atoms. The normalized spacial score (nSPS) is 16.1. The molecule has 0 saturated carbocycles. The molecule has 5 heteroatoms. The minimum absolute atomic E-state index is 0.00509. The Kier molecular flexibility index (Phi) is 2.73. The molecule has 0 radical (unpaired) electrons. The molecule has 82 valence electrons. The maximum absolute atomic E-state index is 11.5. The van der Waals surface area contributed by atoms with Gasteiger partial charge in [-0.25, -0.2) is 0 Å². The molecule has 1 aliphatic rings. The lowest BCUT2D eigenvalue weighted by Crippen LogP contribution is -2.49. The van der Waals surface area contributed by atoms with Crippen LogP contribution in [0, 0.1) is 13.8 Å². The number of rotatable bonds is 3. The van der Waals surface area contributed by atoms with Gasteiger partial charge in [-0.3, -0.25) is 9.48 Å². The van der Waals surface area contributed by atoms with Crippen molar-refractivity contribution in [3.63, 3.8) is 0 Å². The fourth-order valence-corrected chi connectivity index (χ4v) is 1.56. The van der Waals surface area contributed by atoms with E-state index < -0.39 is 0 Å². The number of carbonyl (C=O) groups excluding carboxylic acids is 1. The van der Waals surface area contributed by atoms with E-state index >= 15 is 0 Å². The van der Waals surface area contributed by atoms with Gasteiger partial charge in [0.25, 0.3) is 0 Å². The highest BCUT2D eigenvalue weighted by Crippen LogP contribution is 2.03. The molecule has 0 unspecified atom stereocenters. The van der Waals surface area contributed by atoms with Gasteiger partial charge in [0.2, 0.25) is 5.91 Å². The van der Waals surface area contributed by atoms with Gasteiger partial charge in [-0.2, -0.15) is 5.10 Å². The van der Waals surface area contributed by atoms with Crippen LogP contribution in [0.1, 0.15) is 11.4 Å². The number of amides is 1. The Balaban J connectivity index is 1.90. The van der Waals surface area contributed by atoms with Crippen molar-refractivity contribution < 1.29 is 9.53 Å². The van der Waals surface area contributed by atoms with Crippen molar-refractivity contribution in [2.75, 3.05) is 13.2 Å². The zero-order valence-corrected chi connectivity index (χ0v) is 8.99. The van der Waals surface area contributed by atoms with Gasteiger partial charge in [0.05, 0.1) is 24.9 Å². The van der Waals surface area contributed by atoms with Crippen molar-refractivity contribution in [3.05, 3.63) is 17.5 Å². The second-order valence-electron chi connectivity index (χ2n) is 3.89. The SMILES string of the molecule is Cc1cc(C)n(CC(=O)NC2COC2)n1. The second kappa shape index (κ2) is 4.02. The Hall–Kier alpha value is -1.36. The Bertz CT molecular complexity index is 369. The lowest BCUT2D eigenvalue weighted by molar-refractivity contribution is -0.126. The number of nitrogens with zero attached hydrogens (tertiary/aromatic N) is 2.